The van der Waals surface area contributed by atoms with E-state index in [9.17, 15) is 15.3 Å². The van der Waals surface area contributed by atoms with Crippen LogP contribution in [0.4, 0.5) is 5.82 Å². The second kappa shape index (κ2) is 5.13. The van der Waals surface area contributed by atoms with Crippen LogP contribution in [0.15, 0.2) is 16.3 Å². The molecule has 0 saturated carbocycles. The minimum atomic E-state index is -0.723. The first kappa shape index (κ1) is 13.8. The molecule has 1 fully saturated rings. The molecule has 3 N–H and O–H groups in total. The van der Waals surface area contributed by atoms with Crippen LogP contribution in [0, 0.1) is 0 Å². The first-order valence-electron chi connectivity index (χ1n) is 7.25. The molecule has 0 amide bonds. The number of ether oxygens (including phenoxy) is 1. The van der Waals surface area contributed by atoms with Crippen LogP contribution in [0.25, 0.3) is 0 Å². The van der Waals surface area contributed by atoms with Crippen LogP contribution in [0.3, 0.4) is 0 Å². The molecular formula is C13H17N5O4. The normalized spacial score (nSPS) is 33.6. The number of fused-ring (bicyclic) bond motifs is 3. The maximum atomic E-state index is 9.86. The molecule has 4 rings (SSSR count). The molecule has 1 saturated heterocycles. The van der Waals surface area contributed by atoms with Gasteiger partial charge in [-0.2, -0.15) is 0 Å². The third kappa shape index (κ3) is 2.05. The predicted octanol–water partition coefficient (Wildman–Crippen LogP) is -1.03. The summed E-state index contributed by atoms with van der Waals surface area (Å²) < 4.78 is 7.36. The lowest BCUT2D eigenvalue weighted by molar-refractivity contribution is -0.0438. The zero-order chi connectivity index (χ0) is 15.3. The van der Waals surface area contributed by atoms with Crippen molar-refractivity contribution in [1.29, 1.82) is 0 Å². The van der Waals surface area contributed by atoms with E-state index in [2.05, 4.69) is 15.0 Å². The van der Waals surface area contributed by atoms with Gasteiger partial charge in [0.05, 0.1) is 25.4 Å². The van der Waals surface area contributed by atoms with Crippen LogP contribution in [0.1, 0.15) is 24.8 Å². The molecule has 0 aromatic carbocycles. The number of nitrogens with zero attached hydrogens (tertiary/aromatic N) is 5. The fraction of sp³-hybridized carbons (Fsp3) is 0.615. The van der Waals surface area contributed by atoms with E-state index in [0.29, 0.717) is 36.7 Å². The molecule has 0 aliphatic carbocycles. The molecule has 4 heterocycles. The fourth-order valence-corrected chi connectivity index (χ4v) is 2.98. The zero-order valence-electron chi connectivity index (χ0n) is 11.8. The van der Waals surface area contributed by atoms with Gasteiger partial charge in [0.15, 0.2) is 17.3 Å². The van der Waals surface area contributed by atoms with Crippen LogP contribution in [-0.4, -0.2) is 73.5 Å². The van der Waals surface area contributed by atoms with Crippen LogP contribution < -0.4 is 0 Å². The number of aliphatic hydroxyl groups excluding tert-OH is 3. The summed E-state index contributed by atoms with van der Waals surface area (Å²) in [5, 5.41) is 28.8. The molecule has 0 radical (unpaired) electrons. The summed E-state index contributed by atoms with van der Waals surface area (Å²) in [6.07, 6.45) is 1.71. The highest BCUT2D eigenvalue weighted by atomic mass is 16.5. The molecule has 118 valence electrons. The highest BCUT2D eigenvalue weighted by Crippen LogP contribution is 2.35. The highest BCUT2D eigenvalue weighted by Gasteiger charge is 2.37. The van der Waals surface area contributed by atoms with E-state index in [-0.39, 0.29) is 6.61 Å². The number of rotatable bonds is 2. The molecule has 1 unspecified atom stereocenters. The Kier molecular flexibility index (Phi) is 3.22. The maximum Gasteiger partial charge on any atom is 0.167 e. The van der Waals surface area contributed by atoms with Crippen molar-refractivity contribution in [2.75, 3.05) is 13.2 Å². The van der Waals surface area contributed by atoms with Gasteiger partial charge in [0.25, 0.3) is 0 Å². The molecule has 3 aliphatic rings. The molecule has 4 atom stereocenters. The Morgan fingerprint density at radius 3 is 3.00 bits per heavy atom. The SMILES string of the molecule is OC[C@H]1O[C@@H](n2cnc3c2N=CN2CCC(O)N=C32)C[C@@H]1O. The standard InChI is InChI=1S/C13H17N5O4/c19-4-8-7(20)3-10(22-8)18-6-14-11-12(18)15-5-17-2-1-9(21)16-13(11)17/h5-10,19-21H,1-4H2/t7-,8+,9?,10+/m0/s1. The Morgan fingerprint density at radius 1 is 1.36 bits per heavy atom. The summed E-state index contributed by atoms with van der Waals surface area (Å²) in [4.78, 5) is 14.8. The number of aliphatic imine (C=N–C) groups is 2. The number of hydrogen-bond donors (Lipinski definition) is 3. The molecule has 3 aliphatic heterocycles. The summed E-state index contributed by atoms with van der Waals surface area (Å²) >= 11 is 0. The molecule has 9 nitrogen and oxygen atoms in total. The minimum Gasteiger partial charge on any atom is -0.394 e. The summed E-state index contributed by atoms with van der Waals surface area (Å²) in [5.41, 5.74) is 0.590. The topological polar surface area (TPSA) is 116 Å². The first-order chi connectivity index (χ1) is 10.7. The lowest BCUT2D eigenvalue weighted by atomic mass is 10.2. The average molecular weight is 307 g/mol. The van der Waals surface area contributed by atoms with Gasteiger partial charge in [-0.3, -0.25) is 4.57 Å². The summed E-state index contributed by atoms with van der Waals surface area (Å²) in [7, 11) is 0. The molecule has 0 spiro atoms. The number of aromatic nitrogens is 2. The Hall–Kier alpha value is -1.81. The van der Waals surface area contributed by atoms with Crippen molar-refractivity contribution in [3.8, 4) is 0 Å². The van der Waals surface area contributed by atoms with E-state index in [1.54, 1.807) is 17.2 Å². The summed E-state index contributed by atoms with van der Waals surface area (Å²) in [5.74, 6) is 1.18. The minimum absolute atomic E-state index is 0.232. The molecule has 0 bridgehead atoms. The number of hydrogen-bond acceptors (Lipinski definition) is 8. The van der Waals surface area contributed by atoms with Crippen molar-refractivity contribution in [2.45, 2.75) is 37.5 Å². The zero-order valence-corrected chi connectivity index (χ0v) is 11.8. The van der Waals surface area contributed by atoms with E-state index in [1.165, 1.54) is 0 Å². The first-order valence-corrected chi connectivity index (χ1v) is 7.25. The van der Waals surface area contributed by atoms with Gasteiger partial charge in [0.2, 0.25) is 0 Å². The second-order valence-electron chi connectivity index (χ2n) is 5.60. The number of aliphatic hydroxyl groups is 3. The number of amidine groups is 1. The van der Waals surface area contributed by atoms with Crippen molar-refractivity contribution in [3.63, 3.8) is 0 Å². The average Bonchev–Trinajstić information content (AvgIpc) is 3.10. The van der Waals surface area contributed by atoms with Gasteiger partial charge in [-0.15, -0.1) is 0 Å². The van der Waals surface area contributed by atoms with Crippen molar-refractivity contribution >= 4 is 18.0 Å². The Bertz CT molecular complexity index is 642. The van der Waals surface area contributed by atoms with Gasteiger partial charge < -0.3 is 25.0 Å². The van der Waals surface area contributed by atoms with Gasteiger partial charge >= 0.3 is 0 Å². The lowest BCUT2D eigenvalue weighted by Gasteiger charge is -2.29. The van der Waals surface area contributed by atoms with Crippen molar-refractivity contribution in [2.24, 2.45) is 9.98 Å². The lowest BCUT2D eigenvalue weighted by Crippen LogP contribution is -2.40. The van der Waals surface area contributed by atoms with Crippen molar-refractivity contribution < 1.29 is 20.1 Å². The predicted molar refractivity (Wildman–Crippen MR) is 75.9 cm³/mol. The van der Waals surface area contributed by atoms with Gasteiger partial charge in [-0.25, -0.2) is 15.0 Å². The Balaban J connectivity index is 1.68. The van der Waals surface area contributed by atoms with Crippen LogP contribution in [0.5, 0.6) is 0 Å². The third-order valence-corrected chi connectivity index (χ3v) is 4.16. The van der Waals surface area contributed by atoms with E-state index < -0.39 is 24.7 Å². The largest absolute Gasteiger partial charge is 0.394 e. The molecule has 1 aromatic heterocycles. The monoisotopic (exact) mass is 307 g/mol. The Morgan fingerprint density at radius 2 is 2.23 bits per heavy atom. The quantitative estimate of drug-likeness (QED) is 0.643. The molecule has 22 heavy (non-hydrogen) atoms. The molecular weight excluding hydrogens is 290 g/mol. The molecule has 9 heteroatoms. The van der Waals surface area contributed by atoms with Crippen LogP contribution >= 0.6 is 0 Å². The van der Waals surface area contributed by atoms with Crippen LogP contribution in [-0.2, 0) is 4.74 Å². The number of imidazole rings is 1. The van der Waals surface area contributed by atoms with Crippen molar-refractivity contribution in [3.05, 3.63) is 12.0 Å². The second-order valence-corrected chi connectivity index (χ2v) is 5.60. The molecule has 1 aromatic rings. The third-order valence-electron chi connectivity index (χ3n) is 4.16. The summed E-state index contributed by atoms with van der Waals surface area (Å²) in [6.45, 7) is 0.408. The van der Waals surface area contributed by atoms with Crippen LogP contribution in [0.2, 0.25) is 0 Å². The van der Waals surface area contributed by atoms with Gasteiger partial charge in [-0.05, 0) is 0 Å². The smallest absolute Gasteiger partial charge is 0.167 e. The van der Waals surface area contributed by atoms with Gasteiger partial charge in [0, 0.05) is 19.4 Å². The van der Waals surface area contributed by atoms with Gasteiger partial charge in [0.1, 0.15) is 18.6 Å². The summed E-state index contributed by atoms with van der Waals surface area (Å²) in [6, 6.07) is 0. The van der Waals surface area contributed by atoms with Gasteiger partial charge in [-0.1, -0.05) is 0 Å². The van der Waals surface area contributed by atoms with E-state index in [0.717, 1.165) is 0 Å². The maximum absolute atomic E-state index is 9.86. The highest BCUT2D eigenvalue weighted by molar-refractivity contribution is 6.09. The Labute approximate surface area is 126 Å². The van der Waals surface area contributed by atoms with E-state index in [1.807, 2.05) is 4.90 Å². The van der Waals surface area contributed by atoms with E-state index in [4.69, 9.17) is 4.74 Å². The van der Waals surface area contributed by atoms with Crippen molar-refractivity contribution in [1.82, 2.24) is 14.5 Å². The fourth-order valence-electron chi connectivity index (χ4n) is 2.98. The van der Waals surface area contributed by atoms with E-state index >= 15 is 0 Å².